The topological polar surface area (TPSA) is 103 Å². The van der Waals surface area contributed by atoms with Crippen LogP contribution >= 0.6 is 40.0 Å². The molecule has 1 aromatic rings. The van der Waals surface area contributed by atoms with E-state index in [9.17, 15) is 9.36 Å². The molecule has 12 heteroatoms. The SMILES string of the molecule is CCO/N=C(\C(=O)OC)c1nsc(NP(=O)(Cl)Cl)n1. The molecule has 0 fully saturated rings. The van der Waals surface area contributed by atoms with Gasteiger partial charge in [-0.05, 0) is 29.4 Å². The molecule has 1 rings (SSSR count). The lowest BCUT2D eigenvalue weighted by Gasteiger charge is -2.01. The van der Waals surface area contributed by atoms with E-state index < -0.39 is 12.0 Å². The molecule has 0 bridgehead atoms. The lowest BCUT2D eigenvalue weighted by Crippen LogP contribution is -2.19. The van der Waals surface area contributed by atoms with E-state index in [0.717, 1.165) is 11.5 Å². The number of esters is 1. The first-order chi connectivity index (χ1) is 8.87. The van der Waals surface area contributed by atoms with Crippen molar-refractivity contribution in [3.05, 3.63) is 5.82 Å². The highest BCUT2D eigenvalue weighted by atomic mass is 35.9. The van der Waals surface area contributed by atoms with Gasteiger partial charge < -0.3 is 9.57 Å². The van der Waals surface area contributed by atoms with Crippen LogP contribution in [0.25, 0.3) is 0 Å². The van der Waals surface area contributed by atoms with Crippen molar-refractivity contribution in [1.82, 2.24) is 9.36 Å². The van der Waals surface area contributed by atoms with Crippen LogP contribution in [-0.4, -0.2) is 34.8 Å². The van der Waals surface area contributed by atoms with Crippen LogP contribution in [0, 0.1) is 0 Å². The highest BCUT2D eigenvalue weighted by Crippen LogP contribution is 2.55. The molecule has 0 aromatic carbocycles. The van der Waals surface area contributed by atoms with Crippen LogP contribution in [0.15, 0.2) is 5.16 Å². The summed E-state index contributed by atoms with van der Waals surface area (Å²) in [6, 6.07) is 0. The number of anilines is 1. The Morgan fingerprint density at radius 2 is 2.26 bits per heavy atom. The summed E-state index contributed by atoms with van der Waals surface area (Å²) in [5.74, 6) is -4.35. The Balaban J connectivity index is 2.98. The molecule has 0 saturated carbocycles. The number of aromatic nitrogens is 2. The molecule has 0 unspecified atom stereocenters. The molecular formula is C7H9Cl2N4O4PS. The number of carbonyl (C=O) groups excluding carboxylic acids is 1. The molecule has 106 valence electrons. The van der Waals surface area contributed by atoms with Gasteiger partial charge in [-0.3, -0.25) is 9.65 Å². The van der Waals surface area contributed by atoms with Gasteiger partial charge in [0.2, 0.25) is 16.7 Å². The molecule has 0 amide bonds. The van der Waals surface area contributed by atoms with E-state index in [0.29, 0.717) is 0 Å². The minimum absolute atomic E-state index is 0.0467. The first-order valence-corrected chi connectivity index (χ1v) is 9.06. The zero-order chi connectivity index (χ0) is 14.5. The molecule has 1 aromatic heterocycles. The van der Waals surface area contributed by atoms with E-state index in [2.05, 4.69) is 24.3 Å². The van der Waals surface area contributed by atoms with Crippen molar-refractivity contribution in [3.8, 4) is 0 Å². The lowest BCUT2D eigenvalue weighted by atomic mass is 10.4. The van der Waals surface area contributed by atoms with Gasteiger partial charge in [-0.25, -0.2) is 4.79 Å². The van der Waals surface area contributed by atoms with Crippen LogP contribution in [0.1, 0.15) is 12.7 Å². The van der Waals surface area contributed by atoms with Gasteiger partial charge >= 0.3 is 12.0 Å². The average Bonchev–Trinajstić information content (AvgIpc) is 2.75. The fourth-order valence-corrected chi connectivity index (χ4v) is 2.90. The number of nitrogens with one attached hydrogen (secondary N) is 1. The summed E-state index contributed by atoms with van der Waals surface area (Å²) >= 11 is 11.5. The third-order valence-corrected chi connectivity index (χ3v) is 3.29. The van der Waals surface area contributed by atoms with Crippen molar-refractivity contribution in [2.45, 2.75) is 6.92 Å². The Labute approximate surface area is 122 Å². The molecule has 0 aliphatic carbocycles. The number of hydrogen-bond donors (Lipinski definition) is 1. The van der Waals surface area contributed by atoms with Gasteiger partial charge in [-0.1, -0.05) is 5.16 Å². The summed E-state index contributed by atoms with van der Waals surface area (Å²) in [4.78, 5) is 20.1. The summed E-state index contributed by atoms with van der Waals surface area (Å²) in [5, 5.41) is 5.89. The van der Waals surface area contributed by atoms with Crippen molar-refractivity contribution >= 4 is 56.8 Å². The van der Waals surface area contributed by atoms with Gasteiger partial charge in [0.05, 0.1) is 7.11 Å². The fourth-order valence-electron chi connectivity index (χ4n) is 0.872. The first-order valence-electron chi connectivity index (χ1n) is 4.77. The zero-order valence-corrected chi connectivity index (χ0v) is 13.0. The van der Waals surface area contributed by atoms with E-state index in [4.69, 9.17) is 27.3 Å². The van der Waals surface area contributed by atoms with E-state index in [-0.39, 0.29) is 23.3 Å². The van der Waals surface area contributed by atoms with Gasteiger partial charge in [0.25, 0.3) is 0 Å². The standard InChI is InChI=1S/C7H9Cl2N4O4PS/c1-3-17-11-4(6(14)16-2)5-10-7(19-13-5)12-18(8,9)15/h3H2,1-2H3,(H,10,12,13,15)/b11-4-. The molecule has 0 aliphatic heterocycles. The monoisotopic (exact) mass is 346 g/mol. The second kappa shape index (κ2) is 7.04. The third-order valence-electron chi connectivity index (χ3n) is 1.53. The molecule has 19 heavy (non-hydrogen) atoms. The zero-order valence-electron chi connectivity index (χ0n) is 9.79. The van der Waals surface area contributed by atoms with Crippen molar-refractivity contribution < 1.29 is 18.9 Å². The van der Waals surface area contributed by atoms with Crippen molar-refractivity contribution in [3.63, 3.8) is 0 Å². The molecular weight excluding hydrogens is 338 g/mol. The maximum atomic E-state index is 11.5. The number of nitrogens with zero attached hydrogens (tertiary/aromatic N) is 3. The number of ether oxygens (including phenoxy) is 1. The minimum Gasteiger partial charge on any atom is -0.464 e. The number of halogens is 2. The Morgan fingerprint density at radius 3 is 2.79 bits per heavy atom. The fraction of sp³-hybridized carbons (Fsp3) is 0.429. The highest BCUT2D eigenvalue weighted by Gasteiger charge is 2.23. The van der Waals surface area contributed by atoms with Crippen LogP contribution in [0.3, 0.4) is 0 Å². The van der Waals surface area contributed by atoms with Crippen LogP contribution in [0.4, 0.5) is 5.13 Å². The van der Waals surface area contributed by atoms with E-state index in [1.54, 1.807) is 6.92 Å². The van der Waals surface area contributed by atoms with E-state index in [1.165, 1.54) is 7.11 Å². The summed E-state index contributed by atoms with van der Waals surface area (Å²) in [6.45, 7) is 1.95. The van der Waals surface area contributed by atoms with Gasteiger partial charge in [0, 0.05) is 11.5 Å². The number of carbonyl (C=O) groups is 1. The first kappa shape index (κ1) is 16.2. The minimum atomic E-state index is -3.54. The number of rotatable bonds is 6. The van der Waals surface area contributed by atoms with Crippen LogP contribution in [0.5, 0.6) is 0 Å². The molecule has 0 radical (unpaired) electrons. The smallest absolute Gasteiger partial charge is 0.364 e. The summed E-state index contributed by atoms with van der Waals surface area (Å²) in [6.07, 6.45) is 0. The Hall–Kier alpha value is -0.890. The van der Waals surface area contributed by atoms with E-state index in [1.807, 2.05) is 0 Å². The second-order valence-corrected chi connectivity index (χ2v) is 8.12. The van der Waals surface area contributed by atoms with Crippen molar-refractivity contribution in [2.75, 3.05) is 18.8 Å². The Bertz CT molecular complexity index is 531. The van der Waals surface area contributed by atoms with Crippen LogP contribution < -0.4 is 5.09 Å². The Morgan fingerprint density at radius 1 is 1.58 bits per heavy atom. The predicted octanol–water partition coefficient (Wildman–Crippen LogP) is 2.45. The summed E-state index contributed by atoms with van der Waals surface area (Å²) in [5.41, 5.74) is -0.215. The maximum Gasteiger partial charge on any atom is 0.364 e. The van der Waals surface area contributed by atoms with Gasteiger partial charge in [0.15, 0.2) is 0 Å². The van der Waals surface area contributed by atoms with Crippen molar-refractivity contribution in [1.29, 1.82) is 0 Å². The molecule has 0 saturated heterocycles. The van der Waals surface area contributed by atoms with E-state index >= 15 is 0 Å². The van der Waals surface area contributed by atoms with Crippen molar-refractivity contribution in [2.24, 2.45) is 5.16 Å². The van der Waals surface area contributed by atoms with Gasteiger partial charge in [-0.2, -0.15) is 9.36 Å². The number of methoxy groups -OCH3 is 1. The summed E-state index contributed by atoms with van der Waals surface area (Å²) < 4.78 is 19.5. The normalized spacial score (nSPS) is 12.1. The second-order valence-electron chi connectivity index (χ2n) is 2.85. The highest BCUT2D eigenvalue weighted by molar-refractivity contribution is 8.09. The van der Waals surface area contributed by atoms with Crippen LogP contribution in [0.2, 0.25) is 0 Å². The maximum absolute atomic E-state index is 11.5. The molecule has 1 heterocycles. The molecule has 1 N–H and O–H groups in total. The number of oxime groups is 1. The van der Waals surface area contributed by atoms with Gasteiger partial charge in [0.1, 0.15) is 6.61 Å². The molecule has 0 atom stereocenters. The molecule has 0 spiro atoms. The predicted molar refractivity (Wildman–Crippen MR) is 73.0 cm³/mol. The third kappa shape index (κ3) is 5.32. The van der Waals surface area contributed by atoms with Crippen LogP contribution in [-0.2, 0) is 18.9 Å². The average molecular weight is 347 g/mol. The summed E-state index contributed by atoms with van der Waals surface area (Å²) in [7, 11) is 1.18. The number of hydrogen-bond acceptors (Lipinski definition) is 8. The lowest BCUT2D eigenvalue weighted by molar-refractivity contribution is -0.132. The Kier molecular flexibility index (Phi) is 5.99. The quantitative estimate of drug-likeness (QED) is 0.365. The largest absolute Gasteiger partial charge is 0.464 e. The van der Waals surface area contributed by atoms with Gasteiger partial charge in [-0.15, -0.1) is 0 Å². The molecule has 0 aliphatic rings. The molecule has 8 nitrogen and oxygen atoms in total.